The van der Waals surface area contributed by atoms with Gasteiger partial charge in [-0.25, -0.2) is 0 Å². The molecule has 0 saturated heterocycles. The molecule has 1 amide bonds. The smallest absolute Gasteiger partial charge is 0.269 e. The Bertz CT molecular complexity index is 525. The van der Waals surface area contributed by atoms with Crippen LogP contribution < -0.4 is 10.6 Å². The highest BCUT2D eigenvalue weighted by Crippen LogP contribution is 2.19. The summed E-state index contributed by atoms with van der Waals surface area (Å²) in [5.74, 6) is 0.449. The molecule has 1 aromatic carbocycles. The maximum Gasteiger partial charge on any atom is 0.269 e. The summed E-state index contributed by atoms with van der Waals surface area (Å²) in [5.41, 5.74) is 0.868. The van der Waals surface area contributed by atoms with Gasteiger partial charge in [0.1, 0.15) is 0 Å². The standard InChI is InChI=1S/C15H19N3O3/c19-15(11-12-3-1-2-4-12)17-10-9-16-13-5-7-14(8-6-13)18(20)21/h1,3,5-8,12,16H,2,4,9-11H2,(H,17,19)/t12-/m0/s1. The van der Waals surface area contributed by atoms with E-state index in [9.17, 15) is 14.9 Å². The largest absolute Gasteiger partial charge is 0.383 e. The van der Waals surface area contributed by atoms with Crippen LogP contribution in [-0.2, 0) is 4.79 Å². The minimum atomic E-state index is -0.429. The molecule has 112 valence electrons. The van der Waals surface area contributed by atoms with Crippen LogP contribution in [0.1, 0.15) is 19.3 Å². The molecular weight excluding hydrogens is 270 g/mol. The second kappa shape index (κ2) is 7.42. The minimum absolute atomic E-state index is 0.0667. The van der Waals surface area contributed by atoms with Crippen LogP contribution in [-0.4, -0.2) is 23.9 Å². The molecule has 1 aliphatic carbocycles. The molecule has 0 saturated carbocycles. The van der Waals surface area contributed by atoms with Gasteiger partial charge in [-0.15, -0.1) is 0 Å². The Morgan fingerprint density at radius 1 is 1.29 bits per heavy atom. The Morgan fingerprint density at radius 3 is 2.67 bits per heavy atom. The molecule has 0 aromatic heterocycles. The maximum absolute atomic E-state index is 11.7. The number of non-ortho nitro benzene ring substituents is 1. The zero-order valence-corrected chi connectivity index (χ0v) is 11.7. The van der Waals surface area contributed by atoms with Crippen molar-refractivity contribution in [1.82, 2.24) is 5.32 Å². The van der Waals surface area contributed by atoms with Crippen molar-refractivity contribution in [1.29, 1.82) is 0 Å². The third-order valence-electron chi connectivity index (χ3n) is 3.41. The van der Waals surface area contributed by atoms with E-state index in [1.54, 1.807) is 12.1 Å². The summed E-state index contributed by atoms with van der Waals surface area (Å²) in [7, 11) is 0. The molecule has 2 N–H and O–H groups in total. The Hall–Kier alpha value is -2.37. The lowest BCUT2D eigenvalue weighted by Gasteiger charge is -2.10. The summed E-state index contributed by atoms with van der Waals surface area (Å²) in [4.78, 5) is 21.8. The number of nitrogens with one attached hydrogen (secondary N) is 2. The van der Waals surface area contributed by atoms with Gasteiger partial charge in [0.2, 0.25) is 5.91 Å². The molecule has 2 rings (SSSR count). The first-order valence-corrected chi connectivity index (χ1v) is 7.07. The number of rotatable bonds is 7. The Balaban J connectivity index is 1.63. The van der Waals surface area contributed by atoms with Gasteiger partial charge in [-0.1, -0.05) is 12.2 Å². The van der Waals surface area contributed by atoms with E-state index in [0.29, 0.717) is 25.4 Å². The van der Waals surface area contributed by atoms with Crippen LogP contribution in [0.3, 0.4) is 0 Å². The van der Waals surface area contributed by atoms with E-state index in [2.05, 4.69) is 22.8 Å². The van der Waals surface area contributed by atoms with Crippen molar-refractivity contribution >= 4 is 17.3 Å². The predicted molar refractivity (Wildman–Crippen MR) is 81.1 cm³/mol. The van der Waals surface area contributed by atoms with Crippen LogP contribution >= 0.6 is 0 Å². The number of allylic oxidation sites excluding steroid dienone is 2. The highest BCUT2D eigenvalue weighted by atomic mass is 16.6. The van der Waals surface area contributed by atoms with Crippen LogP contribution in [0.25, 0.3) is 0 Å². The van der Waals surface area contributed by atoms with Gasteiger partial charge >= 0.3 is 0 Å². The first-order chi connectivity index (χ1) is 10.1. The minimum Gasteiger partial charge on any atom is -0.383 e. The number of carbonyl (C=O) groups is 1. The number of nitro groups is 1. The Labute approximate surface area is 123 Å². The summed E-state index contributed by atoms with van der Waals surface area (Å²) >= 11 is 0. The van der Waals surface area contributed by atoms with Gasteiger partial charge in [0.05, 0.1) is 4.92 Å². The van der Waals surface area contributed by atoms with Crippen molar-refractivity contribution in [3.05, 3.63) is 46.5 Å². The predicted octanol–water partition coefficient (Wildman–Crippen LogP) is 2.48. The second-order valence-corrected chi connectivity index (χ2v) is 5.05. The molecule has 6 nitrogen and oxygen atoms in total. The average molecular weight is 289 g/mol. The summed E-state index contributed by atoms with van der Waals surface area (Å²) < 4.78 is 0. The Morgan fingerprint density at radius 2 is 2.05 bits per heavy atom. The summed E-state index contributed by atoms with van der Waals surface area (Å²) in [5, 5.41) is 16.5. The fourth-order valence-corrected chi connectivity index (χ4v) is 2.29. The van der Waals surface area contributed by atoms with Crippen LogP contribution in [0.4, 0.5) is 11.4 Å². The van der Waals surface area contributed by atoms with E-state index in [1.165, 1.54) is 12.1 Å². The normalized spacial score (nSPS) is 16.7. The number of anilines is 1. The monoisotopic (exact) mass is 289 g/mol. The van der Waals surface area contributed by atoms with E-state index < -0.39 is 4.92 Å². The van der Waals surface area contributed by atoms with Crippen molar-refractivity contribution < 1.29 is 9.72 Å². The highest BCUT2D eigenvalue weighted by Gasteiger charge is 2.13. The van der Waals surface area contributed by atoms with Crippen molar-refractivity contribution in [2.45, 2.75) is 19.3 Å². The number of carbonyl (C=O) groups excluding carboxylic acids is 1. The first kappa shape index (κ1) is 15.0. The van der Waals surface area contributed by atoms with Crippen LogP contribution in [0, 0.1) is 16.0 Å². The number of hydrogen-bond donors (Lipinski definition) is 2. The van der Waals surface area contributed by atoms with E-state index >= 15 is 0 Å². The van der Waals surface area contributed by atoms with E-state index in [-0.39, 0.29) is 11.6 Å². The fourth-order valence-electron chi connectivity index (χ4n) is 2.29. The Kier molecular flexibility index (Phi) is 5.31. The molecule has 1 aliphatic rings. The van der Waals surface area contributed by atoms with E-state index in [4.69, 9.17) is 0 Å². The molecule has 0 aliphatic heterocycles. The third kappa shape index (κ3) is 4.91. The molecule has 0 heterocycles. The first-order valence-electron chi connectivity index (χ1n) is 7.07. The SMILES string of the molecule is O=C(C[C@H]1C=CCC1)NCCNc1ccc([N+](=O)[O-])cc1. The summed E-state index contributed by atoms with van der Waals surface area (Å²) in [6.07, 6.45) is 6.91. The lowest BCUT2D eigenvalue weighted by Crippen LogP contribution is -2.29. The quantitative estimate of drug-likeness (QED) is 0.349. The van der Waals surface area contributed by atoms with Crippen molar-refractivity contribution in [3.8, 4) is 0 Å². The highest BCUT2D eigenvalue weighted by molar-refractivity contribution is 5.76. The number of nitrogens with zero attached hydrogens (tertiary/aromatic N) is 1. The zero-order valence-electron chi connectivity index (χ0n) is 11.7. The molecule has 6 heteroatoms. The van der Waals surface area contributed by atoms with Gasteiger partial charge in [0.15, 0.2) is 0 Å². The van der Waals surface area contributed by atoms with Gasteiger partial charge in [-0.2, -0.15) is 0 Å². The second-order valence-electron chi connectivity index (χ2n) is 5.05. The van der Waals surface area contributed by atoms with E-state index in [1.807, 2.05) is 0 Å². The van der Waals surface area contributed by atoms with Gasteiger partial charge in [0.25, 0.3) is 5.69 Å². The summed E-state index contributed by atoms with van der Waals surface area (Å²) in [6.45, 7) is 1.12. The number of hydrogen-bond acceptors (Lipinski definition) is 4. The summed E-state index contributed by atoms with van der Waals surface area (Å²) in [6, 6.07) is 6.22. The fraction of sp³-hybridized carbons (Fsp3) is 0.400. The molecular formula is C15H19N3O3. The van der Waals surface area contributed by atoms with Crippen molar-refractivity contribution in [2.75, 3.05) is 18.4 Å². The van der Waals surface area contributed by atoms with Crippen LogP contribution in [0.5, 0.6) is 0 Å². The van der Waals surface area contributed by atoms with Gasteiger partial charge < -0.3 is 10.6 Å². The van der Waals surface area contributed by atoms with Crippen LogP contribution in [0.15, 0.2) is 36.4 Å². The van der Waals surface area contributed by atoms with Crippen molar-refractivity contribution in [3.63, 3.8) is 0 Å². The molecule has 0 unspecified atom stereocenters. The van der Waals surface area contributed by atoms with Crippen LogP contribution in [0.2, 0.25) is 0 Å². The van der Waals surface area contributed by atoms with E-state index in [0.717, 1.165) is 18.5 Å². The molecule has 0 radical (unpaired) electrons. The van der Waals surface area contributed by atoms with Gasteiger partial charge in [0, 0.05) is 37.3 Å². The zero-order chi connectivity index (χ0) is 15.1. The molecule has 0 spiro atoms. The third-order valence-corrected chi connectivity index (χ3v) is 3.41. The molecule has 1 atom stereocenters. The van der Waals surface area contributed by atoms with Gasteiger partial charge in [-0.05, 0) is 30.9 Å². The number of amides is 1. The van der Waals surface area contributed by atoms with Crippen molar-refractivity contribution in [2.24, 2.45) is 5.92 Å². The average Bonchev–Trinajstić information content (AvgIpc) is 2.97. The molecule has 1 aromatic rings. The topological polar surface area (TPSA) is 84.3 Å². The maximum atomic E-state index is 11.7. The lowest BCUT2D eigenvalue weighted by molar-refractivity contribution is -0.384. The number of benzene rings is 1. The molecule has 0 bridgehead atoms. The van der Waals surface area contributed by atoms with Gasteiger partial charge in [-0.3, -0.25) is 14.9 Å². The molecule has 0 fully saturated rings. The number of nitro benzene ring substituents is 1. The molecule has 21 heavy (non-hydrogen) atoms. The lowest BCUT2D eigenvalue weighted by atomic mass is 10.1.